The van der Waals surface area contributed by atoms with Gasteiger partial charge in [-0.1, -0.05) is 11.8 Å². The molecule has 4 heteroatoms. The zero-order valence-corrected chi connectivity index (χ0v) is 10.6. The lowest BCUT2D eigenvalue weighted by atomic mass is 10.2. The van der Waals surface area contributed by atoms with Gasteiger partial charge >= 0.3 is 0 Å². The van der Waals surface area contributed by atoms with Crippen molar-refractivity contribution in [2.75, 3.05) is 24.5 Å². The maximum Gasteiger partial charge on any atom is 0.143 e. The first-order valence-electron chi connectivity index (χ1n) is 5.88. The molecule has 3 nitrogen and oxygen atoms in total. The number of nitrogens with zero attached hydrogens (tertiary/aromatic N) is 3. The van der Waals surface area contributed by atoms with Crippen molar-refractivity contribution in [3.63, 3.8) is 0 Å². The number of piperazine rings is 1. The van der Waals surface area contributed by atoms with Gasteiger partial charge < -0.3 is 4.90 Å². The van der Waals surface area contributed by atoms with Gasteiger partial charge in [0.2, 0.25) is 0 Å². The van der Waals surface area contributed by atoms with Gasteiger partial charge in [0.1, 0.15) is 5.82 Å². The Kier molecular flexibility index (Phi) is 2.56. The molecule has 2 aliphatic heterocycles. The normalized spacial score (nSPS) is 24.7. The van der Waals surface area contributed by atoms with Crippen LogP contribution in [0.4, 0.5) is 5.82 Å². The fourth-order valence-electron chi connectivity index (χ4n) is 2.42. The lowest BCUT2D eigenvalue weighted by Gasteiger charge is -2.39. The van der Waals surface area contributed by atoms with Crippen LogP contribution in [0.5, 0.6) is 0 Å². The van der Waals surface area contributed by atoms with Crippen LogP contribution in [0, 0.1) is 0 Å². The van der Waals surface area contributed by atoms with E-state index in [1.54, 1.807) is 0 Å². The molecular formula is C12H17N3S. The first-order valence-corrected chi connectivity index (χ1v) is 6.76. The summed E-state index contributed by atoms with van der Waals surface area (Å²) < 4.78 is 0. The molecule has 0 unspecified atom stereocenters. The van der Waals surface area contributed by atoms with Crippen LogP contribution in [0.15, 0.2) is 23.2 Å². The van der Waals surface area contributed by atoms with Crippen molar-refractivity contribution < 1.29 is 0 Å². The highest BCUT2D eigenvalue weighted by Gasteiger charge is 2.36. The first kappa shape index (κ1) is 10.4. The number of hydrogen-bond acceptors (Lipinski definition) is 4. The highest BCUT2D eigenvalue weighted by Crippen LogP contribution is 2.43. The van der Waals surface area contributed by atoms with Crippen molar-refractivity contribution in [1.82, 2.24) is 9.88 Å². The number of thioether (sulfide) groups is 1. The molecule has 86 valence electrons. The van der Waals surface area contributed by atoms with Crippen LogP contribution in [0.25, 0.3) is 0 Å². The van der Waals surface area contributed by atoms with Gasteiger partial charge in [-0.05, 0) is 26.0 Å². The van der Waals surface area contributed by atoms with E-state index in [0.717, 1.165) is 19.6 Å². The second-order valence-electron chi connectivity index (χ2n) is 4.68. The molecule has 0 radical (unpaired) electrons. The van der Waals surface area contributed by atoms with E-state index in [2.05, 4.69) is 34.7 Å². The summed E-state index contributed by atoms with van der Waals surface area (Å²) >= 11 is 1.96. The topological polar surface area (TPSA) is 19.4 Å². The predicted octanol–water partition coefficient (Wildman–Crippen LogP) is 2.04. The maximum atomic E-state index is 4.50. The van der Waals surface area contributed by atoms with E-state index in [4.69, 9.17) is 0 Å². The van der Waals surface area contributed by atoms with E-state index in [0.29, 0.717) is 11.4 Å². The minimum Gasteiger partial charge on any atom is -0.341 e. The van der Waals surface area contributed by atoms with Crippen LogP contribution in [0.3, 0.4) is 0 Å². The summed E-state index contributed by atoms with van der Waals surface area (Å²) in [6, 6.07) is 4.87. The van der Waals surface area contributed by atoms with Crippen molar-refractivity contribution in [1.29, 1.82) is 0 Å². The fourth-order valence-corrected chi connectivity index (χ4v) is 3.74. The van der Waals surface area contributed by atoms with Gasteiger partial charge in [-0.3, -0.25) is 4.90 Å². The van der Waals surface area contributed by atoms with Gasteiger partial charge in [-0.2, -0.15) is 0 Å². The molecule has 0 amide bonds. The van der Waals surface area contributed by atoms with E-state index in [-0.39, 0.29) is 0 Å². The number of rotatable bonds is 1. The van der Waals surface area contributed by atoms with Gasteiger partial charge in [-0.25, -0.2) is 4.98 Å². The molecule has 1 fully saturated rings. The molecule has 0 aliphatic carbocycles. The van der Waals surface area contributed by atoms with E-state index in [1.807, 2.05) is 24.0 Å². The van der Waals surface area contributed by atoms with Crippen LogP contribution < -0.4 is 4.90 Å². The smallest absolute Gasteiger partial charge is 0.143 e. The Hall–Kier alpha value is -0.740. The molecule has 0 N–H and O–H groups in total. The van der Waals surface area contributed by atoms with Crippen molar-refractivity contribution in [3.05, 3.63) is 18.3 Å². The van der Waals surface area contributed by atoms with Gasteiger partial charge in [0.15, 0.2) is 0 Å². The number of fused-ring (bicyclic) bond motifs is 3. The van der Waals surface area contributed by atoms with Crippen LogP contribution in [-0.2, 0) is 0 Å². The number of aromatic nitrogens is 1. The van der Waals surface area contributed by atoms with Crippen molar-refractivity contribution in [2.45, 2.75) is 30.2 Å². The minimum absolute atomic E-state index is 0.570. The Bertz CT molecular complexity index is 394. The number of anilines is 1. The minimum atomic E-state index is 0.570. The largest absolute Gasteiger partial charge is 0.341 e. The SMILES string of the molecule is CC(C)N1CCN2c3ncccc3S[C@@H]2C1. The molecule has 0 saturated carbocycles. The van der Waals surface area contributed by atoms with Crippen molar-refractivity contribution >= 4 is 17.6 Å². The molecule has 1 saturated heterocycles. The molecule has 0 spiro atoms. The lowest BCUT2D eigenvalue weighted by molar-refractivity contribution is 0.202. The second-order valence-corrected chi connectivity index (χ2v) is 5.90. The summed E-state index contributed by atoms with van der Waals surface area (Å²) in [6.45, 7) is 7.98. The molecule has 16 heavy (non-hydrogen) atoms. The molecule has 1 atom stereocenters. The third-order valence-electron chi connectivity index (χ3n) is 3.38. The summed E-state index contributed by atoms with van der Waals surface area (Å²) in [4.78, 5) is 10.9. The van der Waals surface area contributed by atoms with Crippen molar-refractivity contribution in [3.8, 4) is 0 Å². The fraction of sp³-hybridized carbons (Fsp3) is 0.583. The van der Waals surface area contributed by atoms with Gasteiger partial charge in [0, 0.05) is 31.9 Å². The van der Waals surface area contributed by atoms with Crippen LogP contribution >= 0.6 is 11.8 Å². The third-order valence-corrected chi connectivity index (χ3v) is 4.63. The van der Waals surface area contributed by atoms with Crippen LogP contribution in [0.1, 0.15) is 13.8 Å². The highest BCUT2D eigenvalue weighted by molar-refractivity contribution is 8.00. The molecule has 2 aliphatic rings. The molecule has 3 rings (SSSR count). The monoisotopic (exact) mass is 235 g/mol. The van der Waals surface area contributed by atoms with Crippen LogP contribution in [0.2, 0.25) is 0 Å². The maximum absolute atomic E-state index is 4.50. The van der Waals surface area contributed by atoms with E-state index in [1.165, 1.54) is 10.7 Å². The molecule has 0 bridgehead atoms. The molecule has 1 aromatic rings. The summed E-state index contributed by atoms with van der Waals surface area (Å²) in [7, 11) is 0. The zero-order valence-electron chi connectivity index (χ0n) is 9.76. The number of pyridine rings is 1. The molecule has 0 aromatic carbocycles. The summed E-state index contributed by atoms with van der Waals surface area (Å²) in [6.07, 6.45) is 1.90. The molecule has 3 heterocycles. The average Bonchev–Trinajstić information content (AvgIpc) is 2.66. The predicted molar refractivity (Wildman–Crippen MR) is 67.9 cm³/mol. The zero-order chi connectivity index (χ0) is 11.1. The highest BCUT2D eigenvalue weighted by atomic mass is 32.2. The standard InChI is InChI=1S/C12H17N3S/c1-9(2)14-6-7-15-11(8-14)16-10-4-3-5-13-12(10)15/h3-5,9,11H,6-8H2,1-2H3/t11-/m1/s1. The molecular weight excluding hydrogens is 218 g/mol. The van der Waals surface area contributed by atoms with Crippen LogP contribution in [-0.4, -0.2) is 40.9 Å². The van der Waals surface area contributed by atoms with Gasteiger partial charge in [-0.15, -0.1) is 0 Å². The van der Waals surface area contributed by atoms with Crippen molar-refractivity contribution in [2.24, 2.45) is 0 Å². The van der Waals surface area contributed by atoms with E-state index in [9.17, 15) is 0 Å². The Balaban J connectivity index is 1.82. The lowest BCUT2D eigenvalue weighted by Crippen LogP contribution is -2.52. The Labute approximate surface area is 101 Å². The Morgan fingerprint density at radius 3 is 3.12 bits per heavy atom. The quantitative estimate of drug-likeness (QED) is 0.741. The summed E-state index contributed by atoms with van der Waals surface area (Å²) in [5.74, 6) is 1.20. The first-order chi connectivity index (χ1) is 7.75. The third kappa shape index (κ3) is 1.60. The van der Waals surface area contributed by atoms with E-state index >= 15 is 0 Å². The summed E-state index contributed by atoms with van der Waals surface area (Å²) in [5.41, 5.74) is 0. The summed E-state index contributed by atoms with van der Waals surface area (Å²) in [5, 5.41) is 0.570. The van der Waals surface area contributed by atoms with E-state index < -0.39 is 0 Å². The van der Waals surface area contributed by atoms with Gasteiger partial charge in [0.25, 0.3) is 0 Å². The Morgan fingerprint density at radius 2 is 2.31 bits per heavy atom. The second kappa shape index (κ2) is 3.93. The molecule has 1 aromatic heterocycles. The Morgan fingerprint density at radius 1 is 1.44 bits per heavy atom. The average molecular weight is 235 g/mol. The van der Waals surface area contributed by atoms with Gasteiger partial charge in [0.05, 0.1) is 10.3 Å². The number of hydrogen-bond donors (Lipinski definition) is 0.